The molecule has 0 spiro atoms. The maximum Gasteiger partial charge on any atom is 0.433 e. The van der Waals surface area contributed by atoms with Crippen LogP contribution in [-0.4, -0.2) is 36.8 Å². The summed E-state index contributed by atoms with van der Waals surface area (Å²) in [5, 5.41) is 0. The van der Waals surface area contributed by atoms with Gasteiger partial charge in [0.1, 0.15) is 5.82 Å². The van der Waals surface area contributed by atoms with Gasteiger partial charge in [-0.3, -0.25) is 0 Å². The summed E-state index contributed by atoms with van der Waals surface area (Å²) < 4.78 is 43.4. The van der Waals surface area contributed by atoms with E-state index < -0.39 is 11.9 Å². The lowest BCUT2D eigenvalue weighted by Crippen LogP contribution is -2.31. The second kappa shape index (κ2) is 5.82. The zero-order valence-electron chi connectivity index (χ0n) is 11.2. The number of nitrogen functional groups attached to an aromatic ring is 1. The molecule has 0 aliphatic carbocycles. The molecule has 1 aromatic rings. The van der Waals surface area contributed by atoms with E-state index in [2.05, 4.69) is 9.97 Å². The topological polar surface area (TPSA) is 64.3 Å². The minimum absolute atomic E-state index is 0.176. The Bertz CT molecular complexity index is 461. The van der Waals surface area contributed by atoms with E-state index in [0.717, 1.165) is 25.5 Å². The van der Waals surface area contributed by atoms with E-state index in [0.29, 0.717) is 19.1 Å². The molecule has 1 saturated heterocycles. The molecule has 2 N–H and O–H groups in total. The molecule has 1 aliphatic heterocycles. The van der Waals surface area contributed by atoms with Crippen molar-refractivity contribution in [1.29, 1.82) is 0 Å². The van der Waals surface area contributed by atoms with Crippen LogP contribution >= 0.6 is 0 Å². The Morgan fingerprint density at radius 3 is 2.80 bits per heavy atom. The quantitative estimate of drug-likeness (QED) is 0.921. The SMILES string of the molecule is CN(CC1CCCOC1)c1cc(C(F)(F)F)nc(N)n1. The number of aromatic nitrogens is 2. The Morgan fingerprint density at radius 1 is 1.45 bits per heavy atom. The van der Waals surface area contributed by atoms with E-state index in [1.165, 1.54) is 0 Å². The standard InChI is InChI=1S/C12H17F3N4O/c1-19(6-8-3-2-4-20-7-8)10-5-9(12(13,14)15)17-11(16)18-10/h5,8H,2-4,6-7H2,1H3,(H2,16,17,18). The number of ether oxygens (including phenoxy) is 1. The van der Waals surface area contributed by atoms with Crippen LogP contribution in [0.15, 0.2) is 6.07 Å². The van der Waals surface area contributed by atoms with Crippen LogP contribution in [0, 0.1) is 5.92 Å². The van der Waals surface area contributed by atoms with Gasteiger partial charge >= 0.3 is 6.18 Å². The normalized spacial score (nSPS) is 19.9. The van der Waals surface area contributed by atoms with Crippen molar-refractivity contribution in [2.45, 2.75) is 19.0 Å². The second-order valence-electron chi connectivity index (χ2n) is 4.93. The van der Waals surface area contributed by atoms with E-state index >= 15 is 0 Å². The number of hydrogen-bond donors (Lipinski definition) is 1. The fourth-order valence-corrected chi connectivity index (χ4v) is 2.23. The summed E-state index contributed by atoms with van der Waals surface area (Å²) in [4.78, 5) is 8.75. The molecular formula is C12H17F3N4O. The zero-order chi connectivity index (χ0) is 14.8. The number of rotatable bonds is 3. The van der Waals surface area contributed by atoms with Crippen LogP contribution in [0.2, 0.25) is 0 Å². The molecule has 1 aliphatic rings. The first-order valence-electron chi connectivity index (χ1n) is 6.37. The minimum Gasteiger partial charge on any atom is -0.381 e. The van der Waals surface area contributed by atoms with Crippen LogP contribution in [0.1, 0.15) is 18.5 Å². The Morgan fingerprint density at radius 2 is 2.20 bits per heavy atom. The zero-order valence-corrected chi connectivity index (χ0v) is 11.2. The molecular weight excluding hydrogens is 273 g/mol. The summed E-state index contributed by atoms with van der Waals surface area (Å²) in [7, 11) is 1.69. The van der Waals surface area contributed by atoms with Gasteiger partial charge in [-0.15, -0.1) is 0 Å². The first kappa shape index (κ1) is 14.8. The van der Waals surface area contributed by atoms with E-state index in [1.54, 1.807) is 11.9 Å². The fraction of sp³-hybridized carbons (Fsp3) is 0.667. The fourth-order valence-electron chi connectivity index (χ4n) is 2.23. The van der Waals surface area contributed by atoms with Crippen LogP contribution in [-0.2, 0) is 10.9 Å². The van der Waals surface area contributed by atoms with Gasteiger partial charge < -0.3 is 15.4 Å². The molecule has 2 heterocycles. The average Bonchev–Trinajstić information content (AvgIpc) is 2.38. The van der Waals surface area contributed by atoms with Crippen LogP contribution in [0.25, 0.3) is 0 Å². The van der Waals surface area contributed by atoms with Gasteiger partial charge in [0.05, 0.1) is 6.61 Å². The highest BCUT2D eigenvalue weighted by molar-refractivity contribution is 5.43. The lowest BCUT2D eigenvalue weighted by atomic mass is 10.0. The molecule has 0 bridgehead atoms. The monoisotopic (exact) mass is 290 g/mol. The largest absolute Gasteiger partial charge is 0.433 e. The highest BCUT2D eigenvalue weighted by atomic mass is 19.4. The van der Waals surface area contributed by atoms with Crippen molar-refractivity contribution in [3.63, 3.8) is 0 Å². The van der Waals surface area contributed by atoms with Crippen molar-refractivity contribution in [2.24, 2.45) is 5.92 Å². The summed E-state index contributed by atoms with van der Waals surface area (Å²) in [6, 6.07) is 0.917. The first-order valence-corrected chi connectivity index (χ1v) is 6.37. The summed E-state index contributed by atoms with van der Waals surface area (Å²) in [5.41, 5.74) is 4.33. The van der Waals surface area contributed by atoms with Crippen LogP contribution in [0.5, 0.6) is 0 Å². The van der Waals surface area contributed by atoms with E-state index in [1.807, 2.05) is 0 Å². The molecule has 0 amide bonds. The van der Waals surface area contributed by atoms with Gasteiger partial charge in [-0.1, -0.05) is 0 Å². The van der Waals surface area contributed by atoms with E-state index in [4.69, 9.17) is 10.5 Å². The minimum atomic E-state index is -4.53. The van der Waals surface area contributed by atoms with Crippen molar-refractivity contribution >= 4 is 11.8 Å². The Balaban J connectivity index is 2.12. The average molecular weight is 290 g/mol. The van der Waals surface area contributed by atoms with Gasteiger partial charge in [-0.2, -0.15) is 18.2 Å². The summed E-state index contributed by atoms with van der Waals surface area (Å²) >= 11 is 0. The van der Waals surface area contributed by atoms with Crippen molar-refractivity contribution < 1.29 is 17.9 Å². The molecule has 5 nitrogen and oxygen atoms in total. The molecule has 1 atom stereocenters. The number of halogens is 3. The van der Waals surface area contributed by atoms with Gasteiger partial charge in [0.2, 0.25) is 5.95 Å². The maximum atomic E-state index is 12.7. The number of hydrogen-bond acceptors (Lipinski definition) is 5. The first-order chi connectivity index (χ1) is 9.36. The van der Waals surface area contributed by atoms with Crippen molar-refractivity contribution in [2.75, 3.05) is 37.4 Å². The number of alkyl halides is 3. The summed E-state index contributed by atoms with van der Waals surface area (Å²) in [6.45, 7) is 1.95. The molecule has 1 aromatic heterocycles. The van der Waals surface area contributed by atoms with Gasteiger partial charge in [-0.05, 0) is 18.8 Å². The molecule has 8 heteroatoms. The highest BCUT2D eigenvalue weighted by Crippen LogP contribution is 2.30. The van der Waals surface area contributed by atoms with Gasteiger partial charge in [0.25, 0.3) is 0 Å². The Hall–Kier alpha value is -1.57. The third kappa shape index (κ3) is 3.72. The predicted molar refractivity (Wildman–Crippen MR) is 68.3 cm³/mol. The van der Waals surface area contributed by atoms with Gasteiger partial charge in [-0.25, -0.2) is 4.98 Å². The molecule has 1 unspecified atom stereocenters. The Kier molecular flexibility index (Phi) is 4.32. The van der Waals surface area contributed by atoms with Crippen molar-refractivity contribution in [1.82, 2.24) is 9.97 Å². The van der Waals surface area contributed by atoms with E-state index in [-0.39, 0.29) is 11.8 Å². The molecule has 20 heavy (non-hydrogen) atoms. The second-order valence-corrected chi connectivity index (χ2v) is 4.93. The number of anilines is 2. The van der Waals surface area contributed by atoms with Gasteiger partial charge in [0, 0.05) is 26.3 Å². The summed E-state index contributed by atoms with van der Waals surface area (Å²) in [6.07, 6.45) is -2.56. The highest BCUT2D eigenvalue weighted by Gasteiger charge is 2.34. The smallest absolute Gasteiger partial charge is 0.381 e. The van der Waals surface area contributed by atoms with E-state index in [9.17, 15) is 13.2 Å². The number of nitrogens with two attached hydrogens (primary N) is 1. The Labute approximate surface area is 114 Å². The van der Waals surface area contributed by atoms with Crippen molar-refractivity contribution in [3.05, 3.63) is 11.8 Å². The van der Waals surface area contributed by atoms with Crippen LogP contribution in [0.4, 0.5) is 24.9 Å². The molecule has 0 radical (unpaired) electrons. The lowest BCUT2D eigenvalue weighted by molar-refractivity contribution is -0.141. The molecule has 0 aromatic carbocycles. The third-order valence-corrected chi connectivity index (χ3v) is 3.20. The molecule has 112 valence electrons. The van der Waals surface area contributed by atoms with Crippen LogP contribution < -0.4 is 10.6 Å². The third-order valence-electron chi connectivity index (χ3n) is 3.20. The van der Waals surface area contributed by atoms with Crippen molar-refractivity contribution in [3.8, 4) is 0 Å². The van der Waals surface area contributed by atoms with Gasteiger partial charge in [0.15, 0.2) is 5.69 Å². The molecule has 0 saturated carbocycles. The summed E-state index contributed by atoms with van der Waals surface area (Å²) in [5.74, 6) is 0.0937. The predicted octanol–water partition coefficient (Wildman–Crippen LogP) is 1.94. The molecule has 1 fully saturated rings. The maximum absolute atomic E-state index is 12.7. The molecule has 2 rings (SSSR count). The number of nitrogens with zero attached hydrogens (tertiary/aromatic N) is 3. The van der Waals surface area contributed by atoms with Crippen LogP contribution in [0.3, 0.4) is 0 Å². The lowest BCUT2D eigenvalue weighted by Gasteiger charge is -2.28.